The van der Waals surface area contributed by atoms with Crippen LogP contribution >= 0.6 is 0 Å². The number of likely N-dealkylation sites (tertiary alicyclic amines) is 1. The van der Waals surface area contributed by atoms with Crippen LogP contribution in [0.1, 0.15) is 34.9 Å². The number of hydrogen-bond donors (Lipinski definition) is 0. The Balaban J connectivity index is 1.62. The van der Waals surface area contributed by atoms with E-state index >= 15 is 0 Å². The van der Waals surface area contributed by atoms with Crippen LogP contribution in [0.2, 0.25) is 0 Å². The second kappa shape index (κ2) is 10.4. The Bertz CT molecular complexity index is 1070. The van der Waals surface area contributed by atoms with Gasteiger partial charge in [-0.1, -0.05) is 0 Å². The number of carbonyl (C=O) groups excluding carboxylic acids is 1. The van der Waals surface area contributed by atoms with Crippen molar-refractivity contribution < 1.29 is 14.3 Å². The summed E-state index contributed by atoms with van der Waals surface area (Å²) in [7, 11) is 5.47. The average molecular weight is 448 g/mol. The van der Waals surface area contributed by atoms with Gasteiger partial charge in [0.15, 0.2) is 0 Å². The van der Waals surface area contributed by atoms with E-state index in [9.17, 15) is 4.79 Å². The van der Waals surface area contributed by atoms with Gasteiger partial charge >= 0.3 is 0 Å². The lowest BCUT2D eigenvalue weighted by atomic mass is 10.0. The molecule has 0 saturated carbocycles. The van der Waals surface area contributed by atoms with Crippen LogP contribution in [0, 0.1) is 0 Å². The maximum Gasteiger partial charge on any atom is 0.254 e. The summed E-state index contributed by atoms with van der Waals surface area (Å²) in [4.78, 5) is 30.8. The number of nitrogens with zero attached hydrogens (tertiary/aromatic N) is 5. The molecule has 172 valence electrons. The number of amides is 1. The van der Waals surface area contributed by atoms with Crippen LogP contribution in [0.25, 0.3) is 11.1 Å². The topological polar surface area (TPSA) is 80.7 Å². The molecule has 0 radical (unpaired) electrons. The van der Waals surface area contributed by atoms with E-state index in [1.54, 1.807) is 19.5 Å². The van der Waals surface area contributed by atoms with E-state index in [1.165, 1.54) is 0 Å². The highest BCUT2D eigenvalue weighted by Crippen LogP contribution is 2.37. The maximum absolute atomic E-state index is 13.5. The Morgan fingerprint density at radius 1 is 1.12 bits per heavy atom. The van der Waals surface area contributed by atoms with Gasteiger partial charge in [0.2, 0.25) is 5.95 Å². The van der Waals surface area contributed by atoms with E-state index in [0.717, 1.165) is 29.7 Å². The van der Waals surface area contributed by atoms with Crippen molar-refractivity contribution in [2.45, 2.75) is 18.9 Å². The van der Waals surface area contributed by atoms with Gasteiger partial charge in [0.25, 0.3) is 5.91 Å². The standard InChI is InChI=1S/C25H29N5O3/c1-29(2)25-27-17-21(18-10-12-26-13-11-18)23(28-25)22-5-4-14-30(22)24(31)19-6-8-20(9-7-19)33-16-15-32-3/h6-13,17,22H,4-5,14-16H2,1-3H3/t22-/m0/s1. The SMILES string of the molecule is COCCOc1ccc(C(=O)N2CCC[C@H]2c2nc(N(C)C)ncc2-c2ccncc2)cc1. The molecular formula is C25H29N5O3. The molecule has 33 heavy (non-hydrogen) atoms. The molecular weight excluding hydrogens is 418 g/mol. The Morgan fingerprint density at radius 2 is 1.88 bits per heavy atom. The van der Waals surface area contributed by atoms with Gasteiger partial charge in [-0.25, -0.2) is 9.97 Å². The summed E-state index contributed by atoms with van der Waals surface area (Å²) in [5, 5.41) is 0. The summed E-state index contributed by atoms with van der Waals surface area (Å²) in [5.41, 5.74) is 3.41. The lowest BCUT2D eigenvalue weighted by Crippen LogP contribution is -2.31. The van der Waals surface area contributed by atoms with Gasteiger partial charge in [-0.05, 0) is 54.8 Å². The van der Waals surface area contributed by atoms with Crippen molar-refractivity contribution in [1.29, 1.82) is 0 Å². The van der Waals surface area contributed by atoms with Crippen molar-refractivity contribution in [2.75, 3.05) is 45.9 Å². The number of hydrogen-bond acceptors (Lipinski definition) is 7. The van der Waals surface area contributed by atoms with E-state index in [2.05, 4.69) is 9.97 Å². The van der Waals surface area contributed by atoms with Crippen LogP contribution in [-0.2, 0) is 4.74 Å². The molecule has 1 amide bonds. The summed E-state index contributed by atoms with van der Waals surface area (Å²) >= 11 is 0. The molecule has 1 atom stereocenters. The molecule has 1 aliphatic heterocycles. The van der Waals surface area contributed by atoms with Crippen molar-refractivity contribution in [3.8, 4) is 16.9 Å². The molecule has 3 aromatic rings. The fraction of sp³-hybridized carbons (Fsp3) is 0.360. The van der Waals surface area contributed by atoms with Crippen LogP contribution < -0.4 is 9.64 Å². The molecule has 0 bridgehead atoms. The molecule has 0 N–H and O–H groups in total. The first-order valence-corrected chi connectivity index (χ1v) is 11.1. The maximum atomic E-state index is 13.5. The zero-order valence-electron chi connectivity index (χ0n) is 19.3. The second-order valence-electron chi connectivity index (χ2n) is 8.12. The smallest absolute Gasteiger partial charge is 0.254 e. The lowest BCUT2D eigenvalue weighted by molar-refractivity contribution is 0.0733. The highest BCUT2D eigenvalue weighted by molar-refractivity contribution is 5.95. The van der Waals surface area contributed by atoms with Gasteiger partial charge in [-0.2, -0.15) is 0 Å². The monoisotopic (exact) mass is 447 g/mol. The van der Waals surface area contributed by atoms with Crippen molar-refractivity contribution in [2.24, 2.45) is 0 Å². The number of benzene rings is 1. The molecule has 4 rings (SSSR count). The largest absolute Gasteiger partial charge is 0.491 e. The Morgan fingerprint density at radius 3 is 2.58 bits per heavy atom. The van der Waals surface area contributed by atoms with Gasteiger partial charge in [-0.15, -0.1) is 0 Å². The van der Waals surface area contributed by atoms with Crippen LogP contribution in [0.15, 0.2) is 55.0 Å². The predicted molar refractivity (Wildman–Crippen MR) is 126 cm³/mol. The minimum atomic E-state index is -0.125. The van der Waals surface area contributed by atoms with Crippen LogP contribution in [0.3, 0.4) is 0 Å². The fourth-order valence-corrected chi connectivity index (χ4v) is 4.01. The van der Waals surface area contributed by atoms with Gasteiger partial charge in [0.1, 0.15) is 12.4 Å². The first kappa shape index (κ1) is 22.7. The number of pyridine rings is 1. The first-order chi connectivity index (χ1) is 16.1. The third-order valence-corrected chi connectivity index (χ3v) is 5.68. The molecule has 8 nitrogen and oxygen atoms in total. The van der Waals surface area contributed by atoms with Crippen molar-refractivity contribution in [1.82, 2.24) is 19.9 Å². The lowest BCUT2D eigenvalue weighted by Gasteiger charge is -2.27. The van der Waals surface area contributed by atoms with E-state index in [1.807, 2.05) is 66.5 Å². The third kappa shape index (κ3) is 5.12. The Labute approximate surface area is 194 Å². The number of methoxy groups -OCH3 is 1. The molecule has 1 fully saturated rings. The minimum Gasteiger partial charge on any atom is -0.491 e. The van der Waals surface area contributed by atoms with Crippen molar-refractivity contribution in [3.63, 3.8) is 0 Å². The molecule has 3 heterocycles. The number of rotatable bonds is 8. The summed E-state index contributed by atoms with van der Waals surface area (Å²) in [5.74, 6) is 1.33. The summed E-state index contributed by atoms with van der Waals surface area (Å²) < 4.78 is 10.6. The summed E-state index contributed by atoms with van der Waals surface area (Å²) in [6.45, 7) is 1.67. The van der Waals surface area contributed by atoms with Crippen LogP contribution in [0.4, 0.5) is 5.95 Å². The zero-order valence-corrected chi connectivity index (χ0v) is 19.3. The van der Waals surface area contributed by atoms with E-state index < -0.39 is 0 Å². The molecule has 1 aliphatic rings. The average Bonchev–Trinajstić information content (AvgIpc) is 3.34. The molecule has 1 aromatic carbocycles. The zero-order chi connectivity index (χ0) is 23.2. The van der Waals surface area contributed by atoms with Crippen molar-refractivity contribution >= 4 is 11.9 Å². The normalized spacial score (nSPS) is 15.5. The van der Waals surface area contributed by atoms with Gasteiger partial charge in [0, 0.05) is 57.5 Å². The van der Waals surface area contributed by atoms with Gasteiger partial charge in [-0.3, -0.25) is 9.78 Å². The number of carbonyl (C=O) groups is 1. The summed E-state index contributed by atoms with van der Waals surface area (Å²) in [6.07, 6.45) is 7.14. The predicted octanol–water partition coefficient (Wildman–Crippen LogP) is 3.61. The third-order valence-electron chi connectivity index (χ3n) is 5.68. The first-order valence-electron chi connectivity index (χ1n) is 11.1. The number of aromatic nitrogens is 3. The van der Waals surface area contributed by atoms with Crippen LogP contribution in [-0.4, -0.2) is 66.7 Å². The second-order valence-corrected chi connectivity index (χ2v) is 8.12. The number of anilines is 1. The molecule has 8 heteroatoms. The van der Waals surface area contributed by atoms with E-state index in [-0.39, 0.29) is 11.9 Å². The highest BCUT2D eigenvalue weighted by Gasteiger charge is 2.34. The fourth-order valence-electron chi connectivity index (χ4n) is 4.01. The Kier molecular flexibility index (Phi) is 7.14. The van der Waals surface area contributed by atoms with Gasteiger partial charge < -0.3 is 19.3 Å². The molecule has 0 unspecified atom stereocenters. The van der Waals surface area contributed by atoms with Gasteiger partial charge in [0.05, 0.1) is 18.3 Å². The van der Waals surface area contributed by atoms with Crippen LogP contribution in [0.5, 0.6) is 5.75 Å². The molecule has 2 aromatic heterocycles. The minimum absolute atomic E-state index is 0.00775. The highest BCUT2D eigenvalue weighted by atomic mass is 16.5. The molecule has 0 spiro atoms. The quantitative estimate of drug-likeness (QED) is 0.488. The Hall–Kier alpha value is -3.52. The van der Waals surface area contributed by atoms with E-state index in [4.69, 9.17) is 14.5 Å². The summed E-state index contributed by atoms with van der Waals surface area (Å²) in [6, 6.07) is 11.0. The molecule has 1 saturated heterocycles. The van der Waals surface area contributed by atoms with E-state index in [0.29, 0.717) is 37.0 Å². The number of ether oxygens (including phenoxy) is 2. The van der Waals surface area contributed by atoms with Crippen molar-refractivity contribution in [3.05, 3.63) is 66.2 Å². The molecule has 0 aliphatic carbocycles.